The quantitative estimate of drug-likeness (QED) is 0.407. The summed E-state index contributed by atoms with van der Waals surface area (Å²) in [5.74, 6) is 1.10. The van der Waals surface area contributed by atoms with Gasteiger partial charge in [0.15, 0.2) is 0 Å². The Morgan fingerprint density at radius 2 is 1.60 bits per heavy atom. The Morgan fingerprint density at radius 1 is 0.920 bits per heavy atom. The summed E-state index contributed by atoms with van der Waals surface area (Å²) < 4.78 is 2.38. The number of nitrogens with zero attached hydrogens (tertiary/aromatic N) is 2. The third-order valence-corrected chi connectivity index (χ3v) is 5.75. The zero-order chi connectivity index (χ0) is 18.1. The SMILES string of the molecule is CCc1nc2c(-c3cc(Cl)c(Cl)cc3Cl)cccc2n1C(CC)CC. The Labute approximate surface area is 163 Å². The highest BCUT2D eigenvalue weighted by atomic mass is 35.5. The van der Waals surface area contributed by atoms with E-state index in [1.165, 1.54) is 0 Å². The van der Waals surface area contributed by atoms with Crippen LogP contribution >= 0.6 is 34.8 Å². The smallest absolute Gasteiger partial charge is 0.109 e. The van der Waals surface area contributed by atoms with Gasteiger partial charge in [-0.25, -0.2) is 4.98 Å². The molecule has 132 valence electrons. The van der Waals surface area contributed by atoms with Crippen LogP contribution in [0.2, 0.25) is 15.1 Å². The van der Waals surface area contributed by atoms with E-state index in [1.807, 2.05) is 12.1 Å². The number of fused-ring (bicyclic) bond motifs is 1. The number of rotatable bonds is 5. The van der Waals surface area contributed by atoms with Crippen molar-refractivity contribution in [2.45, 2.75) is 46.1 Å². The molecular weight excluding hydrogens is 375 g/mol. The van der Waals surface area contributed by atoms with Gasteiger partial charge in [-0.3, -0.25) is 0 Å². The first-order valence-electron chi connectivity index (χ1n) is 8.66. The molecule has 0 atom stereocenters. The van der Waals surface area contributed by atoms with Crippen LogP contribution in [0, 0.1) is 0 Å². The normalized spacial score (nSPS) is 11.6. The highest BCUT2D eigenvalue weighted by molar-refractivity contribution is 6.44. The fourth-order valence-electron chi connectivity index (χ4n) is 3.42. The zero-order valence-corrected chi connectivity index (χ0v) is 16.9. The molecule has 0 saturated carbocycles. The first kappa shape index (κ1) is 18.6. The predicted molar refractivity (Wildman–Crippen MR) is 109 cm³/mol. The van der Waals surface area contributed by atoms with E-state index in [9.17, 15) is 0 Å². The maximum Gasteiger partial charge on any atom is 0.109 e. The Morgan fingerprint density at radius 3 is 2.24 bits per heavy atom. The fourth-order valence-corrected chi connectivity index (χ4v) is 4.07. The Kier molecular flexibility index (Phi) is 5.62. The van der Waals surface area contributed by atoms with Crippen molar-refractivity contribution in [2.24, 2.45) is 0 Å². The first-order chi connectivity index (χ1) is 12.0. The molecule has 1 heterocycles. The molecule has 0 spiro atoms. The summed E-state index contributed by atoms with van der Waals surface area (Å²) in [5, 5.41) is 1.53. The van der Waals surface area contributed by atoms with Crippen molar-refractivity contribution in [1.82, 2.24) is 9.55 Å². The average molecular weight is 396 g/mol. The third kappa shape index (κ3) is 3.28. The van der Waals surface area contributed by atoms with Crippen molar-refractivity contribution in [3.05, 3.63) is 51.2 Å². The maximum atomic E-state index is 6.46. The van der Waals surface area contributed by atoms with Crippen molar-refractivity contribution in [3.63, 3.8) is 0 Å². The molecule has 0 aliphatic rings. The molecule has 1 aromatic heterocycles. The molecule has 0 fully saturated rings. The molecule has 0 aliphatic heterocycles. The predicted octanol–water partition coefficient (Wildman–Crippen LogP) is 7.59. The van der Waals surface area contributed by atoms with E-state index >= 15 is 0 Å². The molecule has 2 nitrogen and oxygen atoms in total. The monoisotopic (exact) mass is 394 g/mol. The van der Waals surface area contributed by atoms with E-state index in [1.54, 1.807) is 6.07 Å². The molecule has 2 aromatic carbocycles. The standard InChI is InChI=1S/C20H21Cl3N2/c1-4-12(5-2)25-18-9-7-8-13(20(18)24-19(25)6-3)14-10-16(22)17(23)11-15(14)21/h7-12H,4-6H2,1-3H3. The summed E-state index contributed by atoms with van der Waals surface area (Å²) in [4.78, 5) is 4.95. The van der Waals surface area contributed by atoms with E-state index in [0.717, 1.165) is 47.2 Å². The lowest BCUT2D eigenvalue weighted by atomic mass is 10.0. The van der Waals surface area contributed by atoms with Crippen LogP contribution in [-0.4, -0.2) is 9.55 Å². The van der Waals surface area contributed by atoms with Gasteiger partial charge < -0.3 is 4.57 Å². The lowest BCUT2D eigenvalue weighted by molar-refractivity contribution is 0.468. The van der Waals surface area contributed by atoms with E-state index in [2.05, 4.69) is 37.5 Å². The second-order valence-electron chi connectivity index (χ2n) is 6.14. The van der Waals surface area contributed by atoms with Crippen LogP contribution < -0.4 is 0 Å². The summed E-state index contributed by atoms with van der Waals surface area (Å²) in [6.45, 7) is 6.59. The lowest BCUT2D eigenvalue weighted by Crippen LogP contribution is -2.10. The topological polar surface area (TPSA) is 17.8 Å². The number of hydrogen-bond donors (Lipinski definition) is 0. The van der Waals surface area contributed by atoms with Crippen molar-refractivity contribution in [3.8, 4) is 11.1 Å². The molecule has 0 unspecified atom stereocenters. The largest absolute Gasteiger partial charge is 0.325 e. The minimum Gasteiger partial charge on any atom is -0.325 e. The van der Waals surface area contributed by atoms with Crippen LogP contribution in [0.1, 0.15) is 45.5 Å². The number of aryl methyl sites for hydroxylation is 1. The maximum absolute atomic E-state index is 6.46. The second-order valence-corrected chi connectivity index (χ2v) is 7.36. The van der Waals surface area contributed by atoms with E-state index < -0.39 is 0 Å². The van der Waals surface area contributed by atoms with Crippen LogP contribution in [0.3, 0.4) is 0 Å². The fraction of sp³-hybridized carbons (Fsp3) is 0.350. The number of halogens is 3. The summed E-state index contributed by atoms with van der Waals surface area (Å²) in [6, 6.07) is 10.2. The average Bonchev–Trinajstić information content (AvgIpc) is 2.98. The molecule has 5 heteroatoms. The molecule has 0 radical (unpaired) electrons. The molecule has 0 amide bonds. The highest BCUT2D eigenvalue weighted by Gasteiger charge is 2.19. The molecule has 3 aromatic rings. The molecule has 0 N–H and O–H groups in total. The third-order valence-electron chi connectivity index (χ3n) is 4.72. The van der Waals surface area contributed by atoms with Gasteiger partial charge >= 0.3 is 0 Å². The molecule has 0 bridgehead atoms. The number of hydrogen-bond acceptors (Lipinski definition) is 1. The lowest BCUT2D eigenvalue weighted by Gasteiger charge is -2.18. The number of aromatic nitrogens is 2. The minimum absolute atomic E-state index is 0.444. The van der Waals surface area contributed by atoms with Crippen LogP contribution in [-0.2, 0) is 6.42 Å². The molecule has 3 rings (SSSR count). The van der Waals surface area contributed by atoms with Gasteiger partial charge in [-0.1, -0.05) is 67.7 Å². The van der Waals surface area contributed by atoms with E-state index in [4.69, 9.17) is 39.8 Å². The summed E-state index contributed by atoms with van der Waals surface area (Å²) in [7, 11) is 0. The van der Waals surface area contributed by atoms with Gasteiger partial charge in [-0.05, 0) is 31.0 Å². The zero-order valence-electron chi connectivity index (χ0n) is 14.6. The van der Waals surface area contributed by atoms with Gasteiger partial charge in [0.1, 0.15) is 5.82 Å². The summed E-state index contributed by atoms with van der Waals surface area (Å²) in [5.41, 5.74) is 3.95. The summed E-state index contributed by atoms with van der Waals surface area (Å²) in [6.07, 6.45) is 3.04. The molecule has 25 heavy (non-hydrogen) atoms. The van der Waals surface area contributed by atoms with Crippen molar-refractivity contribution >= 4 is 45.8 Å². The molecular formula is C20H21Cl3N2. The highest BCUT2D eigenvalue weighted by Crippen LogP contribution is 2.39. The van der Waals surface area contributed by atoms with Gasteiger partial charge in [0, 0.05) is 23.6 Å². The van der Waals surface area contributed by atoms with Crippen molar-refractivity contribution in [1.29, 1.82) is 0 Å². The van der Waals surface area contributed by atoms with Crippen LogP contribution in [0.15, 0.2) is 30.3 Å². The van der Waals surface area contributed by atoms with Gasteiger partial charge in [-0.15, -0.1) is 0 Å². The number of imidazole rings is 1. The van der Waals surface area contributed by atoms with Crippen molar-refractivity contribution < 1.29 is 0 Å². The molecule has 0 saturated heterocycles. The number of para-hydroxylation sites is 1. The van der Waals surface area contributed by atoms with Crippen LogP contribution in [0.25, 0.3) is 22.2 Å². The van der Waals surface area contributed by atoms with Crippen molar-refractivity contribution in [2.75, 3.05) is 0 Å². The Bertz CT molecular complexity index is 911. The van der Waals surface area contributed by atoms with Crippen LogP contribution in [0.5, 0.6) is 0 Å². The molecule has 0 aliphatic carbocycles. The first-order valence-corrected chi connectivity index (χ1v) is 9.79. The van der Waals surface area contributed by atoms with Crippen LogP contribution in [0.4, 0.5) is 0 Å². The minimum atomic E-state index is 0.444. The van der Waals surface area contributed by atoms with E-state index in [-0.39, 0.29) is 0 Å². The second kappa shape index (κ2) is 7.57. The number of benzene rings is 2. The van der Waals surface area contributed by atoms with Gasteiger partial charge in [-0.2, -0.15) is 0 Å². The van der Waals surface area contributed by atoms with E-state index in [0.29, 0.717) is 21.1 Å². The Balaban J connectivity index is 2.31. The van der Waals surface area contributed by atoms with Gasteiger partial charge in [0.25, 0.3) is 0 Å². The van der Waals surface area contributed by atoms with Gasteiger partial charge in [0.05, 0.1) is 26.1 Å². The summed E-state index contributed by atoms with van der Waals surface area (Å²) >= 11 is 18.8. The van der Waals surface area contributed by atoms with Gasteiger partial charge in [0.2, 0.25) is 0 Å². The Hall–Kier alpha value is -1.22.